The standard InChI is InChI=1S/C13H15N3O3S/c1-7-3-11(20-8(7)2)12(17)16-10(13(18)19)4-9-5-14-6-15-9/h3,5-6,10H,4H2,1-2H3,(H,14,15)(H,16,17)(H,18,19)/t10-/m0/s1. The number of carboxylic acids is 1. The Kier molecular flexibility index (Phi) is 4.19. The van der Waals surface area contributed by atoms with Crippen molar-refractivity contribution in [2.45, 2.75) is 26.3 Å². The molecule has 2 rings (SSSR count). The Balaban J connectivity index is 2.08. The van der Waals surface area contributed by atoms with E-state index in [9.17, 15) is 14.7 Å². The molecule has 0 unspecified atom stereocenters. The molecule has 0 aromatic carbocycles. The third-order valence-corrected chi connectivity index (χ3v) is 4.12. The minimum atomic E-state index is -1.07. The maximum Gasteiger partial charge on any atom is 0.326 e. The van der Waals surface area contributed by atoms with Crippen LogP contribution in [0.2, 0.25) is 0 Å². The summed E-state index contributed by atoms with van der Waals surface area (Å²) in [5, 5.41) is 11.7. The number of nitrogens with zero attached hydrogens (tertiary/aromatic N) is 1. The number of hydrogen-bond acceptors (Lipinski definition) is 4. The predicted molar refractivity (Wildman–Crippen MR) is 75.0 cm³/mol. The molecule has 2 heterocycles. The van der Waals surface area contributed by atoms with Crippen molar-refractivity contribution in [3.8, 4) is 0 Å². The highest BCUT2D eigenvalue weighted by Gasteiger charge is 2.22. The van der Waals surface area contributed by atoms with Crippen LogP contribution in [0.3, 0.4) is 0 Å². The maximum atomic E-state index is 12.1. The van der Waals surface area contributed by atoms with Crippen molar-refractivity contribution < 1.29 is 14.7 Å². The smallest absolute Gasteiger partial charge is 0.326 e. The van der Waals surface area contributed by atoms with Crippen LogP contribution in [0.15, 0.2) is 18.6 Å². The van der Waals surface area contributed by atoms with E-state index in [1.165, 1.54) is 17.7 Å². The summed E-state index contributed by atoms with van der Waals surface area (Å²) < 4.78 is 0. The van der Waals surface area contributed by atoms with E-state index in [2.05, 4.69) is 15.3 Å². The number of H-pyrrole nitrogens is 1. The molecule has 7 heteroatoms. The quantitative estimate of drug-likeness (QED) is 0.778. The molecule has 0 aliphatic carbocycles. The maximum absolute atomic E-state index is 12.1. The number of rotatable bonds is 5. The number of aliphatic carboxylic acids is 1. The zero-order chi connectivity index (χ0) is 14.7. The zero-order valence-corrected chi connectivity index (χ0v) is 12.0. The Labute approximate surface area is 119 Å². The van der Waals surface area contributed by atoms with Gasteiger partial charge in [-0.2, -0.15) is 0 Å². The minimum absolute atomic E-state index is 0.171. The fourth-order valence-corrected chi connectivity index (χ4v) is 2.67. The second-order valence-corrected chi connectivity index (χ2v) is 5.75. The van der Waals surface area contributed by atoms with Crippen molar-refractivity contribution >= 4 is 23.2 Å². The van der Waals surface area contributed by atoms with Gasteiger partial charge in [-0.3, -0.25) is 4.79 Å². The van der Waals surface area contributed by atoms with Crippen molar-refractivity contribution in [1.29, 1.82) is 0 Å². The number of aromatic amines is 1. The van der Waals surface area contributed by atoms with Crippen molar-refractivity contribution in [3.05, 3.63) is 39.6 Å². The lowest BCUT2D eigenvalue weighted by molar-refractivity contribution is -0.139. The van der Waals surface area contributed by atoms with Gasteiger partial charge in [-0.05, 0) is 25.5 Å². The molecular weight excluding hydrogens is 278 g/mol. The molecule has 0 spiro atoms. The summed E-state index contributed by atoms with van der Waals surface area (Å²) >= 11 is 1.36. The second-order valence-electron chi connectivity index (χ2n) is 4.50. The summed E-state index contributed by atoms with van der Waals surface area (Å²) in [4.78, 5) is 31.5. The van der Waals surface area contributed by atoms with Gasteiger partial charge in [-0.1, -0.05) is 0 Å². The normalized spacial score (nSPS) is 12.1. The van der Waals surface area contributed by atoms with Crippen LogP contribution in [0.1, 0.15) is 25.8 Å². The first-order chi connectivity index (χ1) is 9.47. The first-order valence-electron chi connectivity index (χ1n) is 6.05. The number of aromatic nitrogens is 2. The molecule has 3 N–H and O–H groups in total. The lowest BCUT2D eigenvalue weighted by Gasteiger charge is -2.12. The van der Waals surface area contributed by atoms with Crippen LogP contribution in [0.5, 0.6) is 0 Å². The Morgan fingerprint density at radius 2 is 2.25 bits per heavy atom. The van der Waals surface area contributed by atoms with Crippen LogP contribution >= 0.6 is 11.3 Å². The van der Waals surface area contributed by atoms with Crippen LogP contribution in [-0.2, 0) is 11.2 Å². The van der Waals surface area contributed by atoms with Crippen LogP contribution in [0, 0.1) is 13.8 Å². The number of aryl methyl sites for hydroxylation is 2. The predicted octanol–water partition coefficient (Wildman–Crippen LogP) is 1.51. The summed E-state index contributed by atoms with van der Waals surface area (Å²) in [5.74, 6) is -1.43. The molecule has 6 nitrogen and oxygen atoms in total. The van der Waals surface area contributed by atoms with Gasteiger partial charge in [0.05, 0.1) is 11.2 Å². The van der Waals surface area contributed by atoms with Gasteiger partial charge in [-0.15, -0.1) is 11.3 Å². The molecule has 106 valence electrons. The Morgan fingerprint density at radius 1 is 1.50 bits per heavy atom. The molecular formula is C13H15N3O3S. The Morgan fingerprint density at radius 3 is 2.75 bits per heavy atom. The highest BCUT2D eigenvalue weighted by molar-refractivity contribution is 7.14. The Hall–Kier alpha value is -2.15. The number of carboxylic acid groups (broad SMARTS) is 1. The highest BCUT2D eigenvalue weighted by atomic mass is 32.1. The monoisotopic (exact) mass is 293 g/mol. The zero-order valence-electron chi connectivity index (χ0n) is 11.1. The minimum Gasteiger partial charge on any atom is -0.480 e. The first-order valence-corrected chi connectivity index (χ1v) is 6.87. The van der Waals surface area contributed by atoms with E-state index in [1.54, 1.807) is 12.3 Å². The summed E-state index contributed by atoms with van der Waals surface area (Å²) in [6.07, 6.45) is 3.19. The number of amides is 1. The van der Waals surface area contributed by atoms with Gasteiger partial charge >= 0.3 is 5.97 Å². The first kappa shape index (κ1) is 14.3. The summed E-state index contributed by atoms with van der Waals surface area (Å²) in [5.41, 5.74) is 1.69. The Bertz CT molecular complexity index is 599. The van der Waals surface area contributed by atoms with Crippen LogP contribution in [0.25, 0.3) is 0 Å². The lowest BCUT2D eigenvalue weighted by Crippen LogP contribution is -2.42. The molecule has 0 aliphatic heterocycles. The molecule has 1 amide bonds. The molecule has 0 fully saturated rings. The molecule has 0 bridgehead atoms. The number of carbonyl (C=O) groups excluding carboxylic acids is 1. The van der Waals surface area contributed by atoms with E-state index in [-0.39, 0.29) is 12.3 Å². The molecule has 2 aromatic heterocycles. The number of hydrogen-bond donors (Lipinski definition) is 3. The van der Waals surface area contributed by atoms with Crippen molar-refractivity contribution in [2.75, 3.05) is 0 Å². The van der Waals surface area contributed by atoms with Gasteiger partial charge in [0, 0.05) is 23.2 Å². The van der Waals surface area contributed by atoms with E-state index in [1.807, 2.05) is 13.8 Å². The van der Waals surface area contributed by atoms with Gasteiger partial charge < -0.3 is 15.4 Å². The van der Waals surface area contributed by atoms with Crippen LogP contribution in [0.4, 0.5) is 0 Å². The van der Waals surface area contributed by atoms with E-state index < -0.39 is 12.0 Å². The van der Waals surface area contributed by atoms with Crippen LogP contribution < -0.4 is 5.32 Å². The largest absolute Gasteiger partial charge is 0.480 e. The molecule has 20 heavy (non-hydrogen) atoms. The molecule has 0 saturated heterocycles. The van der Waals surface area contributed by atoms with Gasteiger partial charge in [0.2, 0.25) is 0 Å². The molecule has 2 aromatic rings. The van der Waals surface area contributed by atoms with Gasteiger partial charge in [0.25, 0.3) is 5.91 Å². The highest BCUT2D eigenvalue weighted by Crippen LogP contribution is 2.20. The number of imidazole rings is 1. The topological polar surface area (TPSA) is 95.1 Å². The SMILES string of the molecule is Cc1cc(C(=O)N[C@@H](Cc2cnc[nH]2)C(=O)O)sc1C. The van der Waals surface area contributed by atoms with Crippen LogP contribution in [-0.4, -0.2) is 33.0 Å². The molecule has 0 radical (unpaired) electrons. The summed E-state index contributed by atoms with van der Waals surface area (Å²) in [7, 11) is 0. The average Bonchev–Trinajstić information content (AvgIpc) is 2.99. The lowest BCUT2D eigenvalue weighted by atomic mass is 10.1. The summed E-state index contributed by atoms with van der Waals surface area (Å²) in [6, 6.07) is 0.787. The fourth-order valence-electron chi connectivity index (χ4n) is 1.73. The third-order valence-electron chi connectivity index (χ3n) is 2.97. The number of nitrogens with one attached hydrogen (secondary N) is 2. The van der Waals surface area contributed by atoms with Gasteiger partial charge in [0.15, 0.2) is 0 Å². The van der Waals surface area contributed by atoms with Crippen molar-refractivity contribution in [2.24, 2.45) is 0 Å². The molecule has 0 aliphatic rings. The van der Waals surface area contributed by atoms with Crippen molar-refractivity contribution in [1.82, 2.24) is 15.3 Å². The van der Waals surface area contributed by atoms with Gasteiger partial charge in [-0.25, -0.2) is 9.78 Å². The fraction of sp³-hybridized carbons (Fsp3) is 0.308. The van der Waals surface area contributed by atoms with Gasteiger partial charge in [0.1, 0.15) is 6.04 Å². The number of carbonyl (C=O) groups is 2. The van der Waals surface area contributed by atoms with E-state index >= 15 is 0 Å². The van der Waals surface area contributed by atoms with E-state index in [4.69, 9.17) is 0 Å². The number of thiophene rings is 1. The summed E-state index contributed by atoms with van der Waals surface area (Å²) in [6.45, 7) is 3.85. The second kappa shape index (κ2) is 5.87. The molecule has 1 atom stereocenters. The third kappa shape index (κ3) is 3.24. The van der Waals surface area contributed by atoms with Crippen molar-refractivity contribution in [3.63, 3.8) is 0 Å². The van der Waals surface area contributed by atoms with E-state index in [0.29, 0.717) is 10.6 Å². The molecule has 0 saturated carbocycles. The van der Waals surface area contributed by atoms with E-state index in [0.717, 1.165) is 10.4 Å². The average molecular weight is 293 g/mol.